The minimum atomic E-state index is -0.242. The van der Waals surface area contributed by atoms with Crippen LogP contribution in [0.2, 0.25) is 0 Å². The van der Waals surface area contributed by atoms with Gasteiger partial charge in [-0.2, -0.15) is 0 Å². The Morgan fingerprint density at radius 1 is 1.05 bits per heavy atom. The highest BCUT2D eigenvalue weighted by molar-refractivity contribution is 5.77. The van der Waals surface area contributed by atoms with Crippen LogP contribution in [0.1, 0.15) is 17.4 Å². The van der Waals surface area contributed by atoms with E-state index in [0.717, 1.165) is 22.3 Å². The van der Waals surface area contributed by atoms with Gasteiger partial charge in [-0.05, 0) is 36.9 Å². The lowest BCUT2D eigenvalue weighted by Crippen LogP contribution is -2.17. The zero-order valence-electron chi connectivity index (χ0n) is 10.6. The molecule has 0 fully saturated rings. The first-order valence-electron chi connectivity index (χ1n) is 6.19. The first-order chi connectivity index (χ1) is 9.28. The van der Waals surface area contributed by atoms with E-state index in [1.807, 2.05) is 43.4 Å². The minimum Gasteiger partial charge on any atom is -0.459 e. The summed E-state index contributed by atoms with van der Waals surface area (Å²) in [5.74, 6) is 0.545. The Bertz CT molecular complexity index is 672. The molecule has 1 N–H and O–H groups in total. The molecule has 19 heavy (non-hydrogen) atoms. The number of rotatable bonds is 3. The number of hydrogen-bond acceptors (Lipinski definition) is 2. The van der Waals surface area contributed by atoms with E-state index >= 15 is 0 Å². The Balaban J connectivity index is 2.06. The van der Waals surface area contributed by atoms with Gasteiger partial charge in [0, 0.05) is 5.39 Å². The Hall–Kier alpha value is -2.13. The van der Waals surface area contributed by atoms with E-state index in [1.165, 1.54) is 12.1 Å². The van der Waals surface area contributed by atoms with Crippen molar-refractivity contribution in [3.63, 3.8) is 0 Å². The summed E-state index contributed by atoms with van der Waals surface area (Å²) >= 11 is 0. The predicted octanol–water partition coefficient (Wildman–Crippen LogP) is 3.88. The molecule has 1 unspecified atom stereocenters. The van der Waals surface area contributed by atoms with Crippen molar-refractivity contribution in [3.05, 3.63) is 71.7 Å². The summed E-state index contributed by atoms with van der Waals surface area (Å²) in [6.45, 7) is 0. The largest absolute Gasteiger partial charge is 0.459 e. The normalized spacial score (nSPS) is 12.7. The summed E-state index contributed by atoms with van der Waals surface area (Å²) in [6, 6.07) is 16.2. The Kier molecular flexibility index (Phi) is 3.05. The zero-order chi connectivity index (χ0) is 13.2. The van der Waals surface area contributed by atoms with Crippen LogP contribution < -0.4 is 5.32 Å². The maximum absolute atomic E-state index is 13.3. The van der Waals surface area contributed by atoms with Gasteiger partial charge in [0.15, 0.2) is 0 Å². The third-order valence-electron chi connectivity index (χ3n) is 3.20. The fourth-order valence-corrected chi connectivity index (χ4v) is 2.30. The third kappa shape index (κ3) is 2.25. The second-order valence-electron chi connectivity index (χ2n) is 4.46. The molecule has 3 rings (SSSR count). The monoisotopic (exact) mass is 255 g/mol. The van der Waals surface area contributed by atoms with Gasteiger partial charge in [0.25, 0.3) is 0 Å². The maximum atomic E-state index is 13.3. The van der Waals surface area contributed by atoms with E-state index in [-0.39, 0.29) is 11.9 Å². The van der Waals surface area contributed by atoms with Gasteiger partial charge in [0.05, 0.1) is 6.04 Å². The quantitative estimate of drug-likeness (QED) is 0.768. The molecule has 0 bridgehead atoms. The Labute approximate surface area is 110 Å². The number of para-hydroxylation sites is 1. The molecule has 96 valence electrons. The summed E-state index contributed by atoms with van der Waals surface area (Å²) in [5.41, 5.74) is 1.69. The van der Waals surface area contributed by atoms with Gasteiger partial charge in [0.1, 0.15) is 17.2 Å². The average molecular weight is 255 g/mol. The summed E-state index contributed by atoms with van der Waals surface area (Å²) in [4.78, 5) is 0. The fraction of sp³-hybridized carbons (Fsp3) is 0.125. The highest BCUT2D eigenvalue weighted by Gasteiger charge is 2.17. The van der Waals surface area contributed by atoms with E-state index in [2.05, 4.69) is 5.32 Å². The van der Waals surface area contributed by atoms with Gasteiger partial charge < -0.3 is 9.73 Å². The first-order valence-corrected chi connectivity index (χ1v) is 6.19. The summed E-state index contributed by atoms with van der Waals surface area (Å²) in [5, 5.41) is 4.21. The third-order valence-corrected chi connectivity index (χ3v) is 3.20. The van der Waals surface area contributed by atoms with Crippen molar-refractivity contribution < 1.29 is 8.81 Å². The number of nitrogens with one attached hydrogen (secondary N) is 1. The van der Waals surface area contributed by atoms with E-state index in [1.54, 1.807) is 6.07 Å². The second-order valence-corrected chi connectivity index (χ2v) is 4.46. The van der Waals surface area contributed by atoms with Crippen LogP contribution in [-0.4, -0.2) is 7.05 Å². The number of furan rings is 1. The number of hydrogen-bond donors (Lipinski definition) is 1. The van der Waals surface area contributed by atoms with Crippen molar-refractivity contribution >= 4 is 11.0 Å². The lowest BCUT2D eigenvalue weighted by Gasteiger charge is -2.13. The van der Waals surface area contributed by atoms with E-state index in [9.17, 15) is 4.39 Å². The van der Waals surface area contributed by atoms with Crippen molar-refractivity contribution in [2.24, 2.45) is 0 Å². The van der Waals surface area contributed by atoms with Crippen LogP contribution in [0.5, 0.6) is 0 Å². The van der Waals surface area contributed by atoms with E-state index < -0.39 is 0 Å². The molecule has 0 saturated carbocycles. The van der Waals surface area contributed by atoms with Gasteiger partial charge >= 0.3 is 0 Å². The smallest absolute Gasteiger partial charge is 0.134 e. The van der Waals surface area contributed by atoms with E-state index in [0.29, 0.717) is 0 Å². The molecule has 0 aliphatic rings. The molecular formula is C16H14FNO. The van der Waals surface area contributed by atoms with Gasteiger partial charge in [-0.3, -0.25) is 0 Å². The second kappa shape index (κ2) is 4.86. The Morgan fingerprint density at radius 2 is 1.89 bits per heavy atom. The highest BCUT2D eigenvalue weighted by atomic mass is 19.1. The van der Waals surface area contributed by atoms with Crippen LogP contribution in [0.4, 0.5) is 4.39 Å². The molecule has 2 nitrogen and oxygen atoms in total. The van der Waals surface area contributed by atoms with Gasteiger partial charge in [-0.15, -0.1) is 0 Å². The molecule has 0 amide bonds. The average Bonchev–Trinajstić information content (AvgIpc) is 2.83. The number of halogens is 1. The molecule has 3 heteroatoms. The molecule has 1 heterocycles. The standard InChI is InChI=1S/C16H14FNO/c1-18-16(12-6-4-7-13(17)9-12)15-10-11-5-2-3-8-14(11)19-15/h2-10,16,18H,1H3. The fourth-order valence-electron chi connectivity index (χ4n) is 2.30. The summed E-state index contributed by atoms with van der Waals surface area (Å²) in [6.07, 6.45) is 0. The van der Waals surface area contributed by atoms with Crippen LogP contribution in [0.3, 0.4) is 0 Å². The van der Waals surface area contributed by atoms with Crippen LogP contribution >= 0.6 is 0 Å². The van der Waals surface area contributed by atoms with E-state index in [4.69, 9.17) is 4.42 Å². The summed E-state index contributed by atoms with van der Waals surface area (Å²) < 4.78 is 19.2. The molecule has 0 radical (unpaired) electrons. The number of fused-ring (bicyclic) bond motifs is 1. The lowest BCUT2D eigenvalue weighted by molar-refractivity contribution is 0.490. The zero-order valence-corrected chi connectivity index (χ0v) is 10.6. The molecule has 1 aromatic heterocycles. The highest BCUT2D eigenvalue weighted by Crippen LogP contribution is 2.28. The predicted molar refractivity (Wildman–Crippen MR) is 73.5 cm³/mol. The Morgan fingerprint density at radius 3 is 2.63 bits per heavy atom. The van der Waals surface area contributed by atoms with Gasteiger partial charge in [-0.1, -0.05) is 30.3 Å². The van der Waals surface area contributed by atoms with Crippen molar-refractivity contribution in [2.75, 3.05) is 7.05 Å². The maximum Gasteiger partial charge on any atom is 0.134 e. The molecule has 3 aromatic rings. The molecule has 0 spiro atoms. The SMILES string of the molecule is CNC(c1cccc(F)c1)c1cc2ccccc2o1. The van der Waals surface area contributed by atoms with Crippen molar-refractivity contribution in [1.82, 2.24) is 5.32 Å². The molecule has 2 aromatic carbocycles. The number of benzene rings is 2. The van der Waals surface area contributed by atoms with Gasteiger partial charge in [0.2, 0.25) is 0 Å². The minimum absolute atomic E-state index is 0.150. The lowest BCUT2D eigenvalue weighted by atomic mass is 10.0. The van der Waals surface area contributed by atoms with Crippen molar-refractivity contribution in [2.45, 2.75) is 6.04 Å². The van der Waals surface area contributed by atoms with Crippen LogP contribution in [0, 0.1) is 5.82 Å². The van der Waals surface area contributed by atoms with Crippen molar-refractivity contribution in [1.29, 1.82) is 0 Å². The van der Waals surface area contributed by atoms with Crippen LogP contribution in [0.25, 0.3) is 11.0 Å². The van der Waals surface area contributed by atoms with Crippen LogP contribution in [0.15, 0.2) is 59.0 Å². The molecule has 0 aliphatic heterocycles. The first kappa shape index (κ1) is 11.9. The van der Waals surface area contributed by atoms with Crippen molar-refractivity contribution in [3.8, 4) is 0 Å². The van der Waals surface area contributed by atoms with Crippen LogP contribution in [-0.2, 0) is 0 Å². The topological polar surface area (TPSA) is 25.2 Å². The molecular weight excluding hydrogens is 241 g/mol. The molecule has 0 saturated heterocycles. The molecule has 0 aliphatic carbocycles. The van der Waals surface area contributed by atoms with Gasteiger partial charge in [-0.25, -0.2) is 4.39 Å². The summed E-state index contributed by atoms with van der Waals surface area (Å²) in [7, 11) is 1.84. The molecule has 1 atom stereocenters.